The summed E-state index contributed by atoms with van der Waals surface area (Å²) < 4.78 is 19.5. The quantitative estimate of drug-likeness (QED) is 0.149. The van der Waals surface area contributed by atoms with Gasteiger partial charge < -0.3 is 0 Å². The van der Waals surface area contributed by atoms with Crippen molar-refractivity contribution < 1.29 is 54.6 Å². The molecule has 40 heavy (non-hydrogen) atoms. The van der Waals surface area contributed by atoms with Gasteiger partial charge in [-0.2, -0.15) is 0 Å². The molecule has 8 nitrogen and oxygen atoms in total. The molecule has 0 bridgehead atoms. The van der Waals surface area contributed by atoms with Crippen LogP contribution in [-0.2, 0) is 28.6 Å². The van der Waals surface area contributed by atoms with E-state index in [2.05, 4.69) is 64.1 Å². The minimum atomic E-state index is -1.05. The second-order valence-corrected chi connectivity index (χ2v) is 14.6. The molecule has 1 saturated heterocycles. The molecule has 1 heterocycles. The molecule has 1 aliphatic heterocycles. The number of carbonyl (C=O) groups is 3. The Kier molecular flexibility index (Phi) is 9.57. The van der Waals surface area contributed by atoms with E-state index in [1.165, 1.54) is 3.57 Å². The molecule has 2 amide bonds. The van der Waals surface area contributed by atoms with Crippen LogP contribution < -0.4 is 21.2 Å². The molecule has 1 aliphatic carbocycles. The van der Waals surface area contributed by atoms with Gasteiger partial charge in [-0.15, -0.1) is 0 Å². The molecule has 0 saturated carbocycles. The summed E-state index contributed by atoms with van der Waals surface area (Å²) >= 11 is -0.254. The Morgan fingerprint density at radius 3 is 2.27 bits per heavy atom. The first-order chi connectivity index (χ1) is 18.9. The second kappa shape index (κ2) is 12.6. The number of nitrogens with zero attached hydrogens (tertiary/aromatic N) is 1. The molecule has 0 aromatic heterocycles. The van der Waals surface area contributed by atoms with E-state index < -0.39 is 18.0 Å². The second-order valence-electron chi connectivity index (χ2n) is 11.5. The number of ether oxygens (including phenoxy) is 3. The fraction of sp³-hybridized carbons (Fsp3) is 0.516. The van der Waals surface area contributed by atoms with E-state index in [-0.39, 0.29) is 57.8 Å². The van der Waals surface area contributed by atoms with Crippen molar-refractivity contribution in [2.24, 2.45) is 0 Å². The molecular formula is C31H39INO7-. The molecule has 2 aromatic rings. The summed E-state index contributed by atoms with van der Waals surface area (Å²) in [7, 11) is 1.73. The van der Waals surface area contributed by atoms with Crippen LogP contribution in [0.15, 0.2) is 36.4 Å². The Hall–Kier alpha value is -2.50. The zero-order valence-electron chi connectivity index (χ0n) is 24.2. The predicted molar refractivity (Wildman–Crippen MR) is 146 cm³/mol. The standard InChI is InChI=1S/C31H39INO7/c1-20-7-9-22-23-10-8-21(32-15-13-31(4,5)39-16-14-30(2,3)37-6)18-25(23)26(24(22)17-20)19-38-29(36)40-33-27(34)11-12-28(33)35/h7-10,17-18,26H,11-16,19H2,1-6H3/q-1. The molecule has 4 rings (SSSR count). The Morgan fingerprint density at radius 1 is 0.950 bits per heavy atom. The van der Waals surface area contributed by atoms with E-state index in [0.29, 0.717) is 11.7 Å². The van der Waals surface area contributed by atoms with Crippen LogP contribution >= 0.6 is 0 Å². The van der Waals surface area contributed by atoms with Gasteiger partial charge in [0, 0.05) is 0 Å². The Balaban J connectivity index is 1.40. The number of benzene rings is 2. The fourth-order valence-corrected chi connectivity index (χ4v) is 7.94. The first-order valence-electron chi connectivity index (χ1n) is 13.6. The van der Waals surface area contributed by atoms with Crippen LogP contribution in [0.1, 0.15) is 76.0 Å². The number of rotatable bonds is 12. The van der Waals surface area contributed by atoms with Crippen molar-refractivity contribution >= 4 is 18.0 Å². The number of carbonyl (C=O) groups excluding carboxylic acids is 3. The summed E-state index contributed by atoms with van der Waals surface area (Å²) in [5.74, 6) is -1.22. The van der Waals surface area contributed by atoms with E-state index in [4.69, 9.17) is 19.0 Å². The molecule has 1 atom stereocenters. The van der Waals surface area contributed by atoms with Crippen LogP contribution in [0.2, 0.25) is 0 Å². The van der Waals surface area contributed by atoms with E-state index in [9.17, 15) is 14.4 Å². The van der Waals surface area contributed by atoms with Crippen LogP contribution in [0.4, 0.5) is 4.79 Å². The van der Waals surface area contributed by atoms with Crippen molar-refractivity contribution in [1.29, 1.82) is 0 Å². The van der Waals surface area contributed by atoms with Gasteiger partial charge in [-0.1, -0.05) is 0 Å². The molecular weight excluding hydrogens is 625 g/mol. The molecule has 218 valence electrons. The molecule has 0 N–H and O–H groups in total. The monoisotopic (exact) mass is 664 g/mol. The summed E-state index contributed by atoms with van der Waals surface area (Å²) in [6, 6.07) is 13.0. The number of hydrogen-bond acceptors (Lipinski definition) is 7. The molecule has 1 fully saturated rings. The number of alkyl halides is 1. The third-order valence-corrected chi connectivity index (χ3v) is 10.1. The van der Waals surface area contributed by atoms with Crippen molar-refractivity contribution in [3.63, 3.8) is 0 Å². The normalized spacial score (nSPS) is 16.9. The first-order valence-corrected chi connectivity index (χ1v) is 16.2. The molecule has 2 aliphatic rings. The number of hydrogen-bond donors (Lipinski definition) is 0. The summed E-state index contributed by atoms with van der Waals surface area (Å²) in [4.78, 5) is 40.9. The van der Waals surface area contributed by atoms with Crippen LogP contribution in [0.5, 0.6) is 0 Å². The van der Waals surface area contributed by atoms with Crippen LogP contribution in [0.3, 0.4) is 0 Å². The van der Waals surface area contributed by atoms with E-state index in [1.54, 1.807) is 7.11 Å². The molecule has 2 aromatic carbocycles. The number of imide groups is 1. The van der Waals surface area contributed by atoms with E-state index in [1.807, 2.05) is 6.92 Å². The van der Waals surface area contributed by atoms with Gasteiger partial charge in [0.1, 0.15) is 0 Å². The van der Waals surface area contributed by atoms with Gasteiger partial charge in [0.2, 0.25) is 0 Å². The number of aryl methyl sites for hydroxylation is 1. The summed E-state index contributed by atoms with van der Waals surface area (Å²) in [6.07, 6.45) is 0.836. The third-order valence-electron chi connectivity index (χ3n) is 7.50. The maximum atomic E-state index is 12.4. The minimum absolute atomic E-state index is 0.0376. The number of amides is 2. The van der Waals surface area contributed by atoms with Crippen LogP contribution in [0.25, 0.3) is 11.1 Å². The molecule has 0 spiro atoms. The van der Waals surface area contributed by atoms with Crippen molar-refractivity contribution in [3.8, 4) is 11.1 Å². The Labute approximate surface area is 246 Å². The van der Waals surface area contributed by atoms with Crippen LogP contribution in [-0.4, -0.2) is 59.0 Å². The Morgan fingerprint density at radius 2 is 1.60 bits per heavy atom. The zero-order valence-corrected chi connectivity index (χ0v) is 26.3. The van der Waals surface area contributed by atoms with Gasteiger partial charge in [0.15, 0.2) is 0 Å². The van der Waals surface area contributed by atoms with E-state index >= 15 is 0 Å². The van der Waals surface area contributed by atoms with Crippen LogP contribution in [0, 0.1) is 10.5 Å². The van der Waals surface area contributed by atoms with Crippen molar-refractivity contribution in [3.05, 3.63) is 56.7 Å². The van der Waals surface area contributed by atoms with E-state index in [0.717, 1.165) is 45.1 Å². The first kappa shape index (κ1) is 30.5. The predicted octanol–water partition coefficient (Wildman–Crippen LogP) is 2.58. The SMILES string of the molecule is COC(C)(C)CCOC(C)(C)CC[I-]c1ccc2c(c1)C(COC(=O)ON1C(=O)CCC1=O)c1cc(C)ccc1-2. The van der Waals surface area contributed by atoms with Gasteiger partial charge in [-0.05, 0) is 0 Å². The van der Waals surface area contributed by atoms with Crippen molar-refractivity contribution in [2.75, 3.05) is 24.8 Å². The summed E-state index contributed by atoms with van der Waals surface area (Å²) in [6.45, 7) is 11.2. The Bertz CT molecular complexity index is 1260. The fourth-order valence-electron chi connectivity index (χ4n) is 4.75. The zero-order chi connectivity index (χ0) is 29.1. The van der Waals surface area contributed by atoms with Gasteiger partial charge in [0.25, 0.3) is 0 Å². The van der Waals surface area contributed by atoms with Gasteiger partial charge in [0.05, 0.1) is 0 Å². The van der Waals surface area contributed by atoms with Crippen molar-refractivity contribution in [2.45, 2.75) is 77.4 Å². The number of fused-ring (bicyclic) bond motifs is 3. The maximum absolute atomic E-state index is 12.4. The van der Waals surface area contributed by atoms with Gasteiger partial charge in [-0.3, -0.25) is 0 Å². The molecule has 1 unspecified atom stereocenters. The summed E-state index contributed by atoms with van der Waals surface area (Å²) in [5.41, 5.74) is 5.21. The number of hydroxylamine groups is 2. The number of methoxy groups -OCH3 is 1. The topological polar surface area (TPSA) is 91.4 Å². The molecule has 0 radical (unpaired) electrons. The average molecular weight is 665 g/mol. The van der Waals surface area contributed by atoms with Gasteiger partial charge >= 0.3 is 248 Å². The van der Waals surface area contributed by atoms with Crippen molar-refractivity contribution in [1.82, 2.24) is 5.06 Å². The third kappa shape index (κ3) is 7.41. The molecule has 9 heteroatoms. The number of halogens is 1. The summed E-state index contributed by atoms with van der Waals surface area (Å²) in [5, 5.41) is 0.509. The van der Waals surface area contributed by atoms with Gasteiger partial charge in [-0.25, -0.2) is 0 Å². The average Bonchev–Trinajstić information content (AvgIpc) is 3.37.